The van der Waals surface area contributed by atoms with Crippen LogP contribution in [0.25, 0.3) is 0 Å². The third kappa shape index (κ3) is 2.76. The van der Waals surface area contributed by atoms with Crippen molar-refractivity contribution >= 4 is 11.8 Å². The number of aromatic nitrogens is 2. The molecule has 0 radical (unpaired) electrons. The molecule has 1 saturated heterocycles. The lowest BCUT2D eigenvalue weighted by Crippen LogP contribution is -2.42. The summed E-state index contributed by atoms with van der Waals surface area (Å²) in [7, 11) is 4.18. The Bertz CT molecular complexity index is 428. The standard InChI is InChI=1S/C12H18N4O2/c1-15(2)9-4-7-16(8-5-9)10-3-6-13-11(14-10)12(17)18/h3,6,9H,4-5,7-8H2,1-2H3,(H,17,18). The van der Waals surface area contributed by atoms with Crippen LogP contribution in [0.2, 0.25) is 0 Å². The van der Waals surface area contributed by atoms with Crippen LogP contribution in [0.3, 0.4) is 0 Å². The minimum atomic E-state index is -1.08. The quantitative estimate of drug-likeness (QED) is 0.852. The Kier molecular flexibility index (Phi) is 3.76. The lowest BCUT2D eigenvalue weighted by atomic mass is 10.0. The molecule has 0 aliphatic carbocycles. The van der Waals surface area contributed by atoms with Crippen molar-refractivity contribution in [3.05, 3.63) is 18.1 Å². The molecule has 18 heavy (non-hydrogen) atoms. The topological polar surface area (TPSA) is 69.6 Å². The number of nitrogens with zero attached hydrogens (tertiary/aromatic N) is 4. The van der Waals surface area contributed by atoms with Crippen LogP contribution in [0.15, 0.2) is 12.3 Å². The predicted molar refractivity (Wildman–Crippen MR) is 67.9 cm³/mol. The fourth-order valence-electron chi connectivity index (χ4n) is 2.24. The highest BCUT2D eigenvalue weighted by Crippen LogP contribution is 2.19. The van der Waals surface area contributed by atoms with Gasteiger partial charge in [-0.1, -0.05) is 0 Å². The fourth-order valence-corrected chi connectivity index (χ4v) is 2.24. The summed E-state index contributed by atoms with van der Waals surface area (Å²) in [5.74, 6) is -0.512. The third-order valence-electron chi connectivity index (χ3n) is 3.35. The summed E-state index contributed by atoms with van der Waals surface area (Å²) in [6.07, 6.45) is 3.64. The molecule has 0 aromatic carbocycles. The smallest absolute Gasteiger partial charge is 0.374 e. The zero-order valence-electron chi connectivity index (χ0n) is 10.7. The van der Waals surface area contributed by atoms with Crippen LogP contribution in [0, 0.1) is 0 Å². The highest BCUT2D eigenvalue weighted by molar-refractivity contribution is 5.83. The van der Waals surface area contributed by atoms with Gasteiger partial charge in [-0.15, -0.1) is 0 Å². The van der Waals surface area contributed by atoms with Crippen molar-refractivity contribution in [2.45, 2.75) is 18.9 Å². The number of hydrogen-bond donors (Lipinski definition) is 1. The summed E-state index contributed by atoms with van der Waals surface area (Å²) < 4.78 is 0. The molecule has 0 bridgehead atoms. The van der Waals surface area contributed by atoms with Crippen LogP contribution in [0.4, 0.5) is 5.82 Å². The van der Waals surface area contributed by atoms with E-state index in [2.05, 4.69) is 33.9 Å². The zero-order valence-corrected chi connectivity index (χ0v) is 10.7. The largest absolute Gasteiger partial charge is 0.475 e. The SMILES string of the molecule is CN(C)C1CCN(c2ccnc(C(=O)O)n2)CC1. The van der Waals surface area contributed by atoms with Gasteiger partial charge in [-0.2, -0.15) is 0 Å². The van der Waals surface area contributed by atoms with Gasteiger partial charge in [-0.3, -0.25) is 0 Å². The molecular formula is C12H18N4O2. The minimum absolute atomic E-state index is 0.137. The summed E-state index contributed by atoms with van der Waals surface area (Å²) in [4.78, 5) is 23.0. The third-order valence-corrected chi connectivity index (χ3v) is 3.35. The van der Waals surface area contributed by atoms with Crippen LogP contribution in [-0.2, 0) is 0 Å². The molecule has 1 aromatic heterocycles. The summed E-state index contributed by atoms with van der Waals surface area (Å²) >= 11 is 0. The first-order chi connectivity index (χ1) is 8.58. The normalized spacial score (nSPS) is 17.2. The lowest BCUT2D eigenvalue weighted by molar-refractivity contribution is 0.0683. The summed E-state index contributed by atoms with van der Waals surface area (Å²) in [6.45, 7) is 1.80. The predicted octanol–water partition coefficient (Wildman–Crippen LogP) is 0.705. The van der Waals surface area contributed by atoms with Crippen molar-refractivity contribution in [3.8, 4) is 0 Å². The number of hydrogen-bond acceptors (Lipinski definition) is 5. The van der Waals surface area contributed by atoms with Gasteiger partial charge in [0.05, 0.1) is 0 Å². The lowest BCUT2D eigenvalue weighted by Gasteiger charge is -2.35. The van der Waals surface area contributed by atoms with Crippen LogP contribution >= 0.6 is 0 Å². The Labute approximate surface area is 106 Å². The first kappa shape index (κ1) is 12.8. The van der Waals surface area contributed by atoms with Crippen LogP contribution in [-0.4, -0.2) is 59.2 Å². The molecule has 0 spiro atoms. The second-order valence-electron chi connectivity index (χ2n) is 4.73. The van der Waals surface area contributed by atoms with Gasteiger partial charge in [0.25, 0.3) is 0 Å². The summed E-state index contributed by atoms with van der Waals surface area (Å²) in [6, 6.07) is 2.37. The van der Waals surface area contributed by atoms with E-state index in [-0.39, 0.29) is 5.82 Å². The maximum absolute atomic E-state index is 10.8. The molecule has 6 nitrogen and oxygen atoms in total. The van der Waals surface area contributed by atoms with E-state index in [1.807, 2.05) is 0 Å². The van der Waals surface area contributed by atoms with Crippen molar-refractivity contribution in [1.82, 2.24) is 14.9 Å². The molecule has 2 rings (SSSR count). The number of anilines is 1. The number of carboxylic acid groups (broad SMARTS) is 1. The van der Waals surface area contributed by atoms with Crippen molar-refractivity contribution < 1.29 is 9.90 Å². The van der Waals surface area contributed by atoms with Gasteiger partial charge in [0, 0.05) is 25.3 Å². The van der Waals surface area contributed by atoms with Gasteiger partial charge in [0.2, 0.25) is 5.82 Å². The van der Waals surface area contributed by atoms with E-state index in [1.165, 1.54) is 6.20 Å². The number of aromatic carboxylic acids is 1. The number of carbonyl (C=O) groups is 1. The Morgan fingerprint density at radius 2 is 2.11 bits per heavy atom. The van der Waals surface area contributed by atoms with Crippen LogP contribution in [0.5, 0.6) is 0 Å². The highest BCUT2D eigenvalue weighted by atomic mass is 16.4. The Hall–Kier alpha value is -1.69. The average Bonchev–Trinajstić information content (AvgIpc) is 2.39. The van der Waals surface area contributed by atoms with Gasteiger partial charge in [-0.25, -0.2) is 14.8 Å². The molecule has 6 heteroatoms. The first-order valence-corrected chi connectivity index (χ1v) is 6.05. The second-order valence-corrected chi connectivity index (χ2v) is 4.73. The van der Waals surface area contributed by atoms with Crippen molar-refractivity contribution in [2.24, 2.45) is 0 Å². The minimum Gasteiger partial charge on any atom is -0.475 e. The summed E-state index contributed by atoms with van der Waals surface area (Å²) in [5, 5.41) is 8.87. The number of carboxylic acids is 1. The first-order valence-electron chi connectivity index (χ1n) is 6.05. The van der Waals surface area contributed by atoms with Gasteiger partial charge in [-0.05, 0) is 33.0 Å². The van der Waals surface area contributed by atoms with Gasteiger partial charge in [0.1, 0.15) is 5.82 Å². The molecule has 0 unspecified atom stereocenters. The highest BCUT2D eigenvalue weighted by Gasteiger charge is 2.22. The van der Waals surface area contributed by atoms with Crippen LogP contribution < -0.4 is 4.90 Å². The Morgan fingerprint density at radius 3 is 2.67 bits per heavy atom. The zero-order chi connectivity index (χ0) is 13.1. The molecule has 1 aliphatic rings. The molecule has 0 atom stereocenters. The Balaban J connectivity index is 2.05. The van der Waals surface area contributed by atoms with Crippen LogP contribution in [0.1, 0.15) is 23.5 Å². The Morgan fingerprint density at radius 1 is 1.44 bits per heavy atom. The van der Waals surface area contributed by atoms with Crippen molar-refractivity contribution in [1.29, 1.82) is 0 Å². The second kappa shape index (κ2) is 5.30. The fraction of sp³-hybridized carbons (Fsp3) is 0.583. The van der Waals surface area contributed by atoms with Gasteiger partial charge < -0.3 is 14.9 Å². The van der Waals surface area contributed by atoms with E-state index >= 15 is 0 Å². The monoisotopic (exact) mass is 250 g/mol. The number of rotatable bonds is 3. The number of piperidine rings is 1. The molecule has 98 valence electrons. The molecule has 1 N–H and O–H groups in total. The van der Waals surface area contributed by atoms with Gasteiger partial charge in [0.15, 0.2) is 0 Å². The molecule has 1 aliphatic heterocycles. The van der Waals surface area contributed by atoms with E-state index in [9.17, 15) is 4.79 Å². The molecule has 1 fully saturated rings. The van der Waals surface area contributed by atoms with E-state index < -0.39 is 5.97 Å². The molecule has 1 aromatic rings. The van der Waals surface area contributed by atoms with E-state index in [1.54, 1.807) is 6.07 Å². The maximum atomic E-state index is 10.8. The average molecular weight is 250 g/mol. The maximum Gasteiger partial charge on any atom is 0.374 e. The van der Waals surface area contributed by atoms with Crippen molar-refractivity contribution in [3.63, 3.8) is 0 Å². The molecule has 0 saturated carbocycles. The molecule has 2 heterocycles. The van der Waals surface area contributed by atoms with Gasteiger partial charge >= 0.3 is 5.97 Å². The van der Waals surface area contributed by atoms with E-state index in [0.29, 0.717) is 11.9 Å². The van der Waals surface area contributed by atoms with E-state index in [4.69, 9.17) is 5.11 Å². The molecular weight excluding hydrogens is 232 g/mol. The van der Waals surface area contributed by atoms with Crippen molar-refractivity contribution in [2.75, 3.05) is 32.1 Å². The molecule has 0 amide bonds. The summed E-state index contributed by atoms with van der Waals surface area (Å²) in [5.41, 5.74) is 0. The van der Waals surface area contributed by atoms with E-state index in [0.717, 1.165) is 25.9 Å².